The van der Waals surface area contributed by atoms with Crippen LogP contribution in [-0.2, 0) is 16.0 Å². The van der Waals surface area contributed by atoms with Gasteiger partial charge >= 0.3 is 5.97 Å². The molecule has 0 bridgehead atoms. The lowest BCUT2D eigenvalue weighted by molar-refractivity contribution is -0.148. The highest BCUT2D eigenvalue weighted by Gasteiger charge is 2.22. The fourth-order valence-corrected chi connectivity index (χ4v) is 1.33. The van der Waals surface area contributed by atoms with Crippen molar-refractivity contribution >= 4 is 11.9 Å². The number of aliphatic carboxylic acids is 1. The van der Waals surface area contributed by atoms with Crippen molar-refractivity contribution < 1.29 is 19.8 Å². The second kappa shape index (κ2) is 5.34. The van der Waals surface area contributed by atoms with E-state index in [0.29, 0.717) is 5.56 Å². The van der Waals surface area contributed by atoms with Crippen molar-refractivity contribution in [2.24, 2.45) is 0 Å². The Morgan fingerprint density at radius 2 is 1.94 bits per heavy atom. The van der Waals surface area contributed by atoms with Crippen LogP contribution < -0.4 is 0 Å². The third-order valence-electron chi connectivity index (χ3n) is 2.67. The molecule has 0 spiro atoms. The Morgan fingerprint density at radius 3 is 2.47 bits per heavy atom. The van der Waals surface area contributed by atoms with E-state index in [4.69, 9.17) is 5.11 Å². The zero-order valence-corrected chi connectivity index (χ0v) is 9.75. The van der Waals surface area contributed by atoms with Crippen LogP contribution in [-0.4, -0.2) is 40.1 Å². The highest BCUT2D eigenvalue weighted by molar-refractivity contribution is 5.84. The van der Waals surface area contributed by atoms with Gasteiger partial charge in [-0.25, -0.2) is 4.79 Å². The van der Waals surface area contributed by atoms with Crippen LogP contribution in [0.15, 0.2) is 24.3 Å². The van der Waals surface area contributed by atoms with Crippen LogP contribution in [0.3, 0.4) is 0 Å². The number of nitrogens with zero attached hydrogens (tertiary/aromatic N) is 1. The number of carbonyl (C=O) groups is 2. The molecule has 0 aliphatic carbocycles. The van der Waals surface area contributed by atoms with Crippen LogP contribution in [0.2, 0.25) is 0 Å². The number of amides is 1. The maximum Gasteiger partial charge on any atom is 0.326 e. The van der Waals surface area contributed by atoms with Crippen LogP contribution in [0.4, 0.5) is 0 Å². The molecular formula is C12H15NO4. The molecule has 0 saturated heterocycles. The average Bonchev–Trinajstić information content (AvgIpc) is 2.30. The van der Waals surface area contributed by atoms with E-state index in [9.17, 15) is 14.7 Å². The van der Waals surface area contributed by atoms with Crippen LogP contribution in [0.5, 0.6) is 5.75 Å². The molecule has 5 nitrogen and oxygen atoms in total. The summed E-state index contributed by atoms with van der Waals surface area (Å²) < 4.78 is 0. The van der Waals surface area contributed by atoms with E-state index in [0.717, 1.165) is 4.90 Å². The van der Waals surface area contributed by atoms with Crippen molar-refractivity contribution in [2.75, 3.05) is 7.05 Å². The molecular weight excluding hydrogens is 222 g/mol. The minimum atomic E-state index is -1.06. The van der Waals surface area contributed by atoms with E-state index in [2.05, 4.69) is 0 Å². The molecule has 0 aromatic heterocycles. The summed E-state index contributed by atoms with van der Waals surface area (Å²) in [6.45, 7) is 1.44. The second-order valence-corrected chi connectivity index (χ2v) is 3.82. The number of carbonyl (C=O) groups excluding carboxylic acids is 1. The lowest BCUT2D eigenvalue weighted by Gasteiger charge is -2.21. The number of para-hydroxylation sites is 1. The van der Waals surface area contributed by atoms with Crippen molar-refractivity contribution in [3.05, 3.63) is 29.8 Å². The molecule has 1 aromatic rings. The summed E-state index contributed by atoms with van der Waals surface area (Å²) in [4.78, 5) is 23.6. The summed E-state index contributed by atoms with van der Waals surface area (Å²) in [5.41, 5.74) is 0.488. The molecule has 0 fully saturated rings. The highest BCUT2D eigenvalue weighted by atomic mass is 16.4. The SMILES string of the molecule is CC(C(=O)O)N(C)C(=O)Cc1ccccc1O. The van der Waals surface area contributed by atoms with Gasteiger partial charge in [0, 0.05) is 12.6 Å². The fourth-order valence-electron chi connectivity index (χ4n) is 1.33. The van der Waals surface area contributed by atoms with Gasteiger partial charge < -0.3 is 15.1 Å². The smallest absolute Gasteiger partial charge is 0.326 e. The molecule has 17 heavy (non-hydrogen) atoms. The first-order valence-corrected chi connectivity index (χ1v) is 5.18. The third-order valence-corrected chi connectivity index (χ3v) is 2.67. The zero-order chi connectivity index (χ0) is 13.0. The number of phenols is 1. The first-order chi connectivity index (χ1) is 7.93. The maximum absolute atomic E-state index is 11.8. The Hall–Kier alpha value is -2.04. The number of phenolic OH excluding ortho intramolecular Hbond substituents is 1. The maximum atomic E-state index is 11.8. The van der Waals surface area contributed by atoms with Gasteiger partial charge in [-0.1, -0.05) is 18.2 Å². The molecule has 0 heterocycles. The van der Waals surface area contributed by atoms with Gasteiger partial charge in [-0.05, 0) is 13.0 Å². The van der Waals surface area contributed by atoms with E-state index >= 15 is 0 Å². The topological polar surface area (TPSA) is 77.8 Å². The minimum Gasteiger partial charge on any atom is -0.508 e. The molecule has 1 rings (SSSR count). The van der Waals surface area contributed by atoms with E-state index < -0.39 is 12.0 Å². The number of aromatic hydroxyl groups is 1. The van der Waals surface area contributed by atoms with Crippen molar-refractivity contribution in [1.82, 2.24) is 4.90 Å². The predicted octanol–water partition coefficient (Wildman–Crippen LogP) is 0.866. The van der Waals surface area contributed by atoms with Crippen LogP contribution >= 0.6 is 0 Å². The summed E-state index contributed by atoms with van der Waals surface area (Å²) in [5, 5.41) is 18.3. The van der Waals surface area contributed by atoms with Crippen molar-refractivity contribution in [1.29, 1.82) is 0 Å². The molecule has 5 heteroatoms. The number of rotatable bonds is 4. The standard InChI is InChI=1S/C12H15NO4/c1-8(12(16)17)13(2)11(15)7-9-5-3-4-6-10(9)14/h3-6,8,14H,7H2,1-2H3,(H,16,17). The number of carboxylic acids is 1. The van der Waals surface area contributed by atoms with E-state index in [1.54, 1.807) is 18.2 Å². The van der Waals surface area contributed by atoms with E-state index in [1.165, 1.54) is 20.0 Å². The molecule has 0 aliphatic heterocycles. The number of carboxylic acid groups (broad SMARTS) is 1. The molecule has 1 unspecified atom stereocenters. The summed E-state index contributed by atoms with van der Waals surface area (Å²) in [5.74, 6) is -1.36. The number of benzene rings is 1. The second-order valence-electron chi connectivity index (χ2n) is 3.82. The van der Waals surface area contributed by atoms with Gasteiger partial charge in [0.15, 0.2) is 0 Å². The highest BCUT2D eigenvalue weighted by Crippen LogP contribution is 2.17. The molecule has 1 amide bonds. The Bertz CT molecular complexity index is 430. The predicted molar refractivity (Wildman–Crippen MR) is 61.7 cm³/mol. The van der Waals surface area contributed by atoms with E-state index in [-0.39, 0.29) is 18.1 Å². The largest absolute Gasteiger partial charge is 0.508 e. The zero-order valence-electron chi connectivity index (χ0n) is 9.75. The van der Waals surface area contributed by atoms with Gasteiger partial charge in [0.05, 0.1) is 6.42 Å². The van der Waals surface area contributed by atoms with Crippen LogP contribution in [0.1, 0.15) is 12.5 Å². The number of likely N-dealkylation sites (N-methyl/N-ethyl adjacent to an activating group) is 1. The number of hydrogen-bond donors (Lipinski definition) is 2. The van der Waals surface area contributed by atoms with Gasteiger partial charge in [0.25, 0.3) is 0 Å². The van der Waals surface area contributed by atoms with Gasteiger partial charge in [-0.3, -0.25) is 4.79 Å². The lowest BCUT2D eigenvalue weighted by atomic mass is 10.1. The summed E-state index contributed by atoms with van der Waals surface area (Å²) in [6, 6.07) is 5.61. The third kappa shape index (κ3) is 3.21. The Labute approximate surface area is 99.3 Å². The Morgan fingerprint density at radius 1 is 1.35 bits per heavy atom. The Balaban J connectivity index is 2.73. The average molecular weight is 237 g/mol. The normalized spacial score (nSPS) is 11.9. The molecule has 2 N–H and O–H groups in total. The first-order valence-electron chi connectivity index (χ1n) is 5.18. The molecule has 1 aromatic carbocycles. The monoisotopic (exact) mass is 237 g/mol. The van der Waals surface area contributed by atoms with Crippen molar-refractivity contribution in [3.8, 4) is 5.75 Å². The molecule has 0 radical (unpaired) electrons. The van der Waals surface area contributed by atoms with Gasteiger partial charge in [-0.15, -0.1) is 0 Å². The van der Waals surface area contributed by atoms with E-state index in [1.807, 2.05) is 0 Å². The van der Waals surface area contributed by atoms with Crippen LogP contribution in [0.25, 0.3) is 0 Å². The van der Waals surface area contributed by atoms with Gasteiger partial charge in [0.2, 0.25) is 5.91 Å². The van der Waals surface area contributed by atoms with Gasteiger partial charge in [0.1, 0.15) is 11.8 Å². The summed E-state index contributed by atoms with van der Waals surface area (Å²) >= 11 is 0. The molecule has 0 saturated carbocycles. The number of hydrogen-bond acceptors (Lipinski definition) is 3. The molecule has 92 valence electrons. The fraction of sp³-hybridized carbons (Fsp3) is 0.333. The lowest BCUT2D eigenvalue weighted by Crippen LogP contribution is -2.41. The van der Waals surface area contributed by atoms with Crippen molar-refractivity contribution in [3.63, 3.8) is 0 Å². The molecule has 0 aliphatic rings. The van der Waals surface area contributed by atoms with Crippen LogP contribution in [0, 0.1) is 0 Å². The quantitative estimate of drug-likeness (QED) is 0.814. The minimum absolute atomic E-state index is 0.0131. The summed E-state index contributed by atoms with van der Waals surface area (Å²) in [7, 11) is 1.43. The van der Waals surface area contributed by atoms with Gasteiger partial charge in [-0.2, -0.15) is 0 Å². The summed E-state index contributed by atoms with van der Waals surface area (Å²) in [6.07, 6.45) is -0.0131. The van der Waals surface area contributed by atoms with Crippen molar-refractivity contribution in [2.45, 2.75) is 19.4 Å². The Kier molecular flexibility index (Phi) is 4.09. The molecule has 1 atom stereocenters. The first kappa shape index (κ1) is 13.0.